The highest BCUT2D eigenvalue weighted by Gasteiger charge is 2.12. The van der Waals surface area contributed by atoms with Crippen molar-refractivity contribution in [1.82, 2.24) is 9.66 Å². The van der Waals surface area contributed by atoms with Gasteiger partial charge < -0.3 is 0 Å². The van der Waals surface area contributed by atoms with Gasteiger partial charge in [0.2, 0.25) is 5.91 Å². The molecule has 1 amide bonds. The second-order valence-corrected chi connectivity index (χ2v) is 5.38. The lowest BCUT2D eigenvalue weighted by Gasteiger charge is -2.13. The van der Waals surface area contributed by atoms with E-state index in [1.807, 2.05) is 13.0 Å². The maximum Gasteiger partial charge on any atom is 0.280 e. The average Bonchev–Trinajstić information content (AvgIpc) is 2.59. The van der Waals surface area contributed by atoms with Crippen molar-refractivity contribution in [2.24, 2.45) is 0 Å². The van der Waals surface area contributed by atoms with E-state index in [0.29, 0.717) is 28.7 Å². The summed E-state index contributed by atoms with van der Waals surface area (Å²) in [5.41, 5.74) is 3.54. The van der Waals surface area contributed by atoms with Crippen LogP contribution in [0.25, 0.3) is 10.9 Å². The largest absolute Gasteiger partial charge is 0.280 e. The van der Waals surface area contributed by atoms with Crippen LogP contribution in [0.1, 0.15) is 18.3 Å². The molecule has 0 aliphatic carbocycles. The highest BCUT2D eigenvalue weighted by atomic mass is 19.1. The SMILES string of the molecule is CCc1nc2ccccc2c(=O)n1NC(=O)Cc1ccc(F)cc1. The summed E-state index contributed by atoms with van der Waals surface area (Å²) in [6, 6.07) is 12.7. The molecule has 0 atom stereocenters. The zero-order chi connectivity index (χ0) is 17.1. The van der Waals surface area contributed by atoms with Crippen molar-refractivity contribution in [2.75, 3.05) is 5.43 Å². The molecule has 5 nitrogen and oxygen atoms in total. The number of rotatable bonds is 4. The lowest BCUT2D eigenvalue weighted by Crippen LogP contribution is -2.37. The molecule has 0 unspecified atom stereocenters. The minimum atomic E-state index is -0.365. The Morgan fingerprint density at radius 2 is 1.88 bits per heavy atom. The number of para-hydroxylation sites is 1. The molecule has 0 radical (unpaired) electrons. The van der Waals surface area contributed by atoms with Crippen LogP contribution in [0, 0.1) is 5.82 Å². The predicted octanol–water partition coefficient (Wildman–Crippen LogP) is 2.41. The zero-order valence-electron chi connectivity index (χ0n) is 13.1. The number of carbonyl (C=O) groups excluding carboxylic acids is 1. The van der Waals surface area contributed by atoms with Crippen molar-refractivity contribution in [3.05, 3.63) is 76.1 Å². The molecule has 0 spiro atoms. The molecule has 1 N–H and O–H groups in total. The monoisotopic (exact) mass is 325 g/mol. The van der Waals surface area contributed by atoms with Crippen molar-refractivity contribution in [1.29, 1.82) is 0 Å². The number of aryl methyl sites for hydroxylation is 1. The first kappa shape index (κ1) is 15.9. The van der Waals surface area contributed by atoms with Gasteiger partial charge in [0.1, 0.15) is 11.6 Å². The molecular weight excluding hydrogens is 309 g/mol. The number of nitrogens with one attached hydrogen (secondary N) is 1. The molecule has 0 aliphatic heterocycles. The van der Waals surface area contributed by atoms with E-state index in [1.54, 1.807) is 18.2 Å². The normalized spacial score (nSPS) is 10.8. The van der Waals surface area contributed by atoms with E-state index >= 15 is 0 Å². The Hall–Kier alpha value is -3.02. The smallest absolute Gasteiger partial charge is 0.273 e. The van der Waals surface area contributed by atoms with Gasteiger partial charge in [0, 0.05) is 6.42 Å². The maximum atomic E-state index is 12.9. The number of hydrogen-bond donors (Lipinski definition) is 1. The van der Waals surface area contributed by atoms with Gasteiger partial charge in [-0.2, -0.15) is 0 Å². The molecule has 3 rings (SSSR count). The lowest BCUT2D eigenvalue weighted by atomic mass is 10.1. The summed E-state index contributed by atoms with van der Waals surface area (Å²) < 4.78 is 14.1. The van der Waals surface area contributed by atoms with E-state index < -0.39 is 0 Å². The molecule has 0 bridgehead atoms. The van der Waals surface area contributed by atoms with Crippen LogP contribution >= 0.6 is 0 Å². The van der Waals surface area contributed by atoms with Gasteiger partial charge in [0.15, 0.2) is 0 Å². The predicted molar refractivity (Wildman–Crippen MR) is 89.9 cm³/mol. The first-order chi connectivity index (χ1) is 11.6. The highest BCUT2D eigenvalue weighted by Crippen LogP contribution is 2.08. The van der Waals surface area contributed by atoms with E-state index in [4.69, 9.17) is 0 Å². The molecule has 122 valence electrons. The minimum Gasteiger partial charge on any atom is -0.273 e. The summed E-state index contributed by atoms with van der Waals surface area (Å²) in [5.74, 6) is -0.246. The van der Waals surface area contributed by atoms with Gasteiger partial charge in [0.25, 0.3) is 5.56 Å². The summed E-state index contributed by atoms with van der Waals surface area (Å²) in [4.78, 5) is 29.3. The number of nitrogens with zero attached hydrogens (tertiary/aromatic N) is 2. The van der Waals surface area contributed by atoms with E-state index in [2.05, 4.69) is 10.4 Å². The Kier molecular flexibility index (Phi) is 4.37. The molecule has 1 heterocycles. The number of halogens is 1. The maximum absolute atomic E-state index is 12.9. The number of fused-ring (bicyclic) bond motifs is 1. The van der Waals surface area contributed by atoms with Crippen LogP contribution in [0.4, 0.5) is 4.39 Å². The average molecular weight is 325 g/mol. The van der Waals surface area contributed by atoms with E-state index in [-0.39, 0.29) is 23.7 Å². The molecule has 0 aliphatic rings. The third-order valence-corrected chi connectivity index (χ3v) is 3.68. The number of carbonyl (C=O) groups is 1. The topological polar surface area (TPSA) is 64.0 Å². The minimum absolute atomic E-state index is 0.0443. The van der Waals surface area contributed by atoms with Crippen molar-refractivity contribution in [3.8, 4) is 0 Å². The lowest BCUT2D eigenvalue weighted by molar-refractivity contribution is -0.116. The van der Waals surface area contributed by atoms with Crippen LogP contribution in [0.3, 0.4) is 0 Å². The Labute approximate surface area is 137 Å². The number of aromatic nitrogens is 2. The molecule has 0 saturated carbocycles. The quantitative estimate of drug-likeness (QED) is 0.801. The third-order valence-electron chi connectivity index (χ3n) is 3.68. The first-order valence-corrected chi connectivity index (χ1v) is 7.63. The Morgan fingerprint density at radius 1 is 1.17 bits per heavy atom. The van der Waals surface area contributed by atoms with Gasteiger partial charge in [-0.1, -0.05) is 31.2 Å². The van der Waals surface area contributed by atoms with Crippen LogP contribution < -0.4 is 11.0 Å². The fourth-order valence-electron chi connectivity index (χ4n) is 2.48. The Bertz CT molecular complexity index is 949. The molecule has 0 fully saturated rings. The molecule has 6 heteroatoms. The summed E-state index contributed by atoms with van der Waals surface area (Å²) in [5, 5.41) is 0.441. The van der Waals surface area contributed by atoms with E-state index in [9.17, 15) is 14.0 Å². The van der Waals surface area contributed by atoms with Crippen LogP contribution in [-0.4, -0.2) is 15.6 Å². The first-order valence-electron chi connectivity index (χ1n) is 7.63. The fraction of sp³-hybridized carbons (Fsp3) is 0.167. The van der Waals surface area contributed by atoms with Crippen LogP contribution in [-0.2, 0) is 17.6 Å². The number of hydrogen-bond acceptors (Lipinski definition) is 3. The van der Waals surface area contributed by atoms with Gasteiger partial charge in [-0.25, -0.2) is 14.1 Å². The van der Waals surface area contributed by atoms with Crippen molar-refractivity contribution in [3.63, 3.8) is 0 Å². The molecule has 24 heavy (non-hydrogen) atoms. The number of amides is 1. The second kappa shape index (κ2) is 6.62. The van der Waals surface area contributed by atoms with Gasteiger partial charge in [0.05, 0.1) is 17.3 Å². The summed E-state index contributed by atoms with van der Waals surface area (Å²) in [6.45, 7) is 1.86. The van der Waals surface area contributed by atoms with E-state index in [0.717, 1.165) is 0 Å². The standard InChI is InChI=1S/C18H16FN3O2/c1-2-16-20-15-6-4-3-5-14(15)18(24)22(16)21-17(23)11-12-7-9-13(19)10-8-12/h3-10H,2,11H2,1H3,(H,21,23). The molecule has 3 aromatic rings. The molecule has 2 aromatic carbocycles. The highest BCUT2D eigenvalue weighted by molar-refractivity contribution is 5.86. The molecule has 0 saturated heterocycles. The van der Waals surface area contributed by atoms with Crippen molar-refractivity contribution in [2.45, 2.75) is 19.8 Å². The van der Waals surface area contributed by atoms with E-state index in [1.165, 1.54) is 28.9 Å². The summed E-state index contributed by atoms with van der Waals surface area (Å²) in [6.07, 6.45) is 0.541. The molecule has 1 aromatic heterocycles. The van der Waals surface area contributed by atoms with Gasteiger partial charge in [-0.05, 0) is 29.8 Å². The van der Waals surface area contributed by atoms with Gasteiger partial charge >= 0.3 is 0 Å². The molecular formula is C18H16FN3O2. The van der Waals surface area contributed by atoms with Gasteiger partial charge in [-0.15, -0.1) is 0 Å². The van der Waals surface area contributed by atoms with Crippen molar-refractivity contribution >= 4 is 16.8 Å². The summed E-state index contributed by atoms with van der Waals surface area (Å²) in [7, 11) is 0. The Morgan fingerprint density at radius 3 is 2.58 bits per heavy atom. The van der Waals surface area contributed by atoms with Crippen LogP contribution in [0.5, 0.6) is 0 Å². The van der Waals surface area contributed by atoms with Gasteiger partial charge in [-0.3, -0.25) is 15.0 Å². The van der Waals surface area contributed by atoms with Crippen molar-refractivity contribution < 1.29 is 9.18 Å². The number of benzene rings is 2. The van der Waals surface area contributed by atoms with Crippen LogP contribution in [0.2, 0.25) is 0 Å². The fourth-order valence-corrected chi connectivity index (χ4v) is 2.48. The summed E-state index contributed by atoms with van der Waals surface area (Å²) >= 11 is 0. The third kappa shape index (κ3) is 3.17. The Balaban J connectivity index is 1.91. The van der Waals surface area contributed by atoms with Crippen LogP contribution in [0.15, 0.2) is 53.3 Å². The zero-order valence-corrected chi connectivity index (χ0v) is 13.1. The second-order valence-electron chi connectivity index (χ2n) is 5.38.